The Morgan fingerprint density at radius 1 is 0.875 bits per heavy atom. The van der Waals surface area contributed by atoms with Crippen molar-refractivity contribution in [3.05, 3.63) is 138 Å². The van der Waals surface area contributed by atoms with E-state index in [1.165, 1.54) is 28.6 Å². The van der Waals surface area contributed by atoms with Gasteiger partial charge in [0.1, 0.15) is 4.90 Å². The first-order valence-electron chi connectivity index (χ1n) is 26.3. The Kier molecular flexibility index (Phi) is 20.0. The van der Waals surface area contributed by atoms with Crippen LogP contribution < -0.4 is 25.1 Å². The van der Waals surface area contributed by atoms with Crippen LogP contribution in [0.15, 0.2) is 131 Å². The number of phosphoric ester groups is 1. The Morgan fingerprint density at radius 2 is 1.52 bits per heavy atom. The van der Waals surface area contributed by atoms with E-state index in [1.54, 1.807) is 24.3 Å². The fourth-order valence-corrected chi connectivity index (χ4v) is 14.8. The number of nitrogens with one attached hydrogen (secondary N) is 1. The zero-order valence-corrected chi connectivity index (χ0v) is 48.7. The van der Waals surface area contributed by atoms with Gasteiger partial charge in [-0.2, -0.15) is 13.2 Å². The van der Waals surface area contributed by atoms with Crippen molar-refractivity contribution in [3.63, 3.8) is 0 Å². The average Bonchev–Trinajstić information content (AvgIpc) is 3.88. The number of phosphoric acid groups is 1. The molecule has 16 nitrogen and oxygen atoms in total. The number of rotatable bonds is 23. The summed E-state index contributed by atoms with van der Waals surface area (Å²) in [4.78, 5) is 37.8. The molecule has 80 heavy (non-hydrogen) atoms. The number of carboxylic acids is 1. The van der Waals surface area contributed by atoms with Crippen LogP contribution in [0.4, 0.5) is 35.9 Å². The van der Waals surface area contributed by atoms with Gasteiger partial charge in [-0.15, -0.1) is 11.8 Å². The van der Waals surface area contributed by atoms with Gasteiger partial charge in [-0.1, -0.05) is 54.1 Å². The highest BCUT2D eigenvalue weighted by molar-refractivity contribution is 7.99. The van der Waals surface area contributed by atoms with Gasteiger partial charge in [-0.3, -0.25) is 9.09 Å². The number of carboxylic acid groups (broad SMARTS) is 1. The van der Waals surface area contributed by atoms with E-state index in [-0.39, 0.29) is 42.2 Å². The van der Waals surface area contributed by atoms with Crippen LogP contribution in [0.25, 0.3) is 22.4 Å². The second-order valence-electron chi connectivity index (χ2n) is 20.1. The minimum Gasteiger partial charge on any atom is -0.478 e. The molecule has 6 aromatic rings. The number of thioether (sulfide) groups is 1. The number of aromatic carboxylic acids is 1. The van der Waals surface area contributed by atoms with Gasteiger partial charge in [-0.05, 0) is 136 Å². The van der Waals surface area contributed by atoms with Crippen LogP contribution in [0.1, 0.15) is 61.6 Å². The van der Waals surface area contributed by atoms with Gasteiger partial charge in [0.05, 0.1) is 23.0 Å². The molecule has 3 heterocycles. The molecule has 1 unspecified atom stereocenters. The van der Waals surface area contributed by atoms with Gasteiger partial charge < -0.3 is 49.3 Å². The van der Waals surface area contributed by atoms with E-state index in [0.717, 1.165) is 39.2 Å². The highest BCUT2D eigenvalue weighted by Gasteiger charge is 2.48. The third-order valence-corrected chi connectivity index (χ3v) is 19.7. The molecular formula is C56H66ClF3N6O10P2S2. The summed E-state index contributed by atoms with van der Waals surface area (Å²) in [5.74, 6) is -0.688. The molecule has 2 atom stereocenters. The smallest absolute Gasteiger partial charge is 0.478 e. The van der Waals surface area contributed by atoms with Gasteiger partial charge in [0, 0.05) is 120 Å². The molecule has 0 radical (unpaired) electrons. The molecule has 8 rings (SSSR count). The average molecular weight is 1200 g/mol. The van der Waals surface area contributed by atoms with Crippen molar-refractivity contribution in [2.24, 2.45) is 0 Å². The first-order chi connectivity index (χ1) is 38.0. The maximum Gasteiger partial charge on any atom is 0.501 e. The molecule has 2 aliphatic rings. The maximum atomic E-state index is 14.6. The Bertz CT molecular complexity index is 3290. The number of benzene rings is 5. The van der Waals surface area contributed by atoms with Gasteiger partial charge in [0.2, 0.25) is 0 Å². The molecule has 0 aliphatic carbocycles. The van der Waals surface area contributed by atoms with Crippen LogP contribution >= 0.6 is 39.1 Å². The van der Waals surface area contributed by atoms with Gasteiger partial charge in [-0.25, -0.2) is 17.8 Å². The number of piperazine rings is 1. The van der Waals surface area contributed by atoms with E-state index in [2.05, 4.69) is 19.7 Å². The van der Waals surface area contributed by atoms with Crippen LogP contribution in [-0.4, -0.2) is 126 Å². The highest BCUT2D eigenvalue weighted by atomic mass is 35.5. The number of hydrogen-bond acceptors (Lipinski definition) is 12. The van der Waals surface area contributed by atoms with Gasteiger partial charge in [0.25, 0.3) is 9.84 Å². The summed E-state index contributed by atoms with van der Waals surface area (Å²) in [6.45, 7) is 9.48. The third-order valence-electron chi connectivity index (χ3n) is 14.4. The summed E-state index contributed by atoms with van der Waals surface area (Å²) >= 11 is 7.71. The molecule has 2 saturated heterocycles. The monoisotopic (exact) mass is 1200 g/mol. The Hall–Kier alpha value is -5.31. The quantitative estimate of drug-likeness (QED) is 0.0299. The summed E-state index contributed by atoms with van der Waals surface area (Å²) in [7, 11) is -13.9. The lowest BCUT2D eigenvalue weighted by atomic mass is 9.96. The van der Waals surface area contributed by atoms with Crippen molar-refractivity contribution in [3.8, 4) is 22.4 Å². The predicted octanol–water partition coefficient (Wildman–Crippen LogP) is 11.2. The molecule has 0 amide bonds. The second kappa shape index (κ2) is 26.3. The minimum atomic E-state index is -5.99. The number of halogens is 4. The fourth-order valence-electron chi connectivity index (χ4n) is 10.5. The summed E-state index contributed by atoms with van der Waals surface area (Å²) in [5, 5.41) is 24.0. The van der Waals surface area contributed by atoms with Gasteiger partial charge in [0.15, 0.2) is 7.95 Å². The lowest BCUT2D eigenvalue weighted by molar-refractivity contribution is -0.0435. The van der Waals surface area contributed by atoms with E-state index in [0.29, 0.717) is 92.8 Å². The number of sulfone groups is 1. The molecule has 2 aliphatic heterocycles. The lowest BCUT2D eigenvalue weighted by Crippen LogP contribution is -2.46. The largest absolute Gasteiger partial charge is 0.501 e. The predicted molar refractivity (Wildman–Crippen MR) is 312 cm³/mol. The number of likely N-dealkylation sites (tertiary alicyclic amines) is 1. The number of hydrogen-bond donors (Lipinski definition) is 5. The molecule has 0 spiro atoms. The van der Waals surface area contributed by atoms with Crippen LogP contribution in [0.5, 0.6) is 0 Å². The minimum absolute atomic E-state index is 0.0361. The Morgan fingerprint density at radius 3 is 2.12 bits per heavy atom. The fraction of sp³-hybridized carbons (Fsp3) is 0.375. The Labute approximate surface area is 474 Å². The van der Waals surface area contributed by atoms with Crippen molar-refractivity contribution in [1.29, 1.82) is 0 Å². The molecule has 5 N–H and O–H groups in total. The first kappa shape index (κ1) is 60.8. The molecule has 0 bridgehead atoms. The summed E-state index contributed by atoms with van der Waals surface area (Å²) in [6.07, 6.45) is 0.605. The van der Waals surface area contributed by atoms with Crippen LogP contribution in [0.3, 0.4) is 0 Å². The summed E-state index contributed by atoms with van der Waals surface area (Å²) in [6, 6.07) is 34.6. The topological polar surface area (TPSA) is 205 Å². The van der Waals surface area contributed by atoms with E-state index < -0.39 is 54.1 Å². The zero-order valence-electron chi connectivity index (χ0n) is 44.4. The van der Waals surface area contributed by atoms with E-state index in [9.17, 15) is 55.5 Å². The number of aliphatic hydroxyl groups excluding tert-OH is 1. The Balaban J connectivity index is 0.994. The third kappa shape index (κ3) is 14.6. The normalized spacial score (nSPS) is 15.8. The van der Waals surface area contributed by atoms with Crippen LogP contribution in [0.2, 0.25) is 5.02 Å². The van der Waals surface area contributed by atoms with Crippen LogP contribution in [-0.2, 0) is 23.5 Å². The SMILES string of the molecule is Cc1c(C(=O)O)c(-c2cccc(N3CCN(c4ccc(N(CCCO)[PH](=O)c5ccc(N[C@H](CCN6CCC(OP(=O)(O)O)CC6)CSc6ccccc6)c(S(=O)(=O)C(F)(F)F)c5)cc4)CC3)c2)c(-c2ccc(Cl)cc2)n1C(C)C. The van der Waals surface area contributed by atoms with Crippen molar-refractivity contribution in [1.82, 2.24) is 9.47 Å². The second-order valence-corrected chi connectivity index (χ2v) is 26.4. The zero-order chi connectivity index (χ0) is 57.5. The van der Waals surface area contributed by atoms with Crippen molar-refractivity contribution in [2.75, 3.05) is 84.5 Å². The van der Waals surface area contributed by atoms with Crippen molar-refractivity contribution in [2.45, 2.75) is 79.9 Å². The standard InChI is InChI=1S/C56H66ClF3N6O10P2S2/c1-38(2)66-39(3)52(55(68)69)53(54(66)40-13-15-42(57)16-14-40)41-9-7-10-46(35-41)64-32-30-63(31-33-64)44-17-19-45(20-18-44)65(26-8-34-67)77(70)48-21-22-50(51(36-48)80(74,75)56(58,59)60)61-43(37-79-49-11-5-4-6-12-49)23-27-62-28-24-47(25-29-62)76-78(71,72)73/h4-7,9-22,35-36,38,43,47,61,67,77H,8,23-34,37H2,1-3H3,(H,68,69)(H2,71,72,73)/t43-/m1/s1. The molecule has 24 heteroatoms. The molecule has 5 aromatic carbocycles. The maximum absolute atomic E-state index is 14.6. The number of nitrogens with zero attached hydrogens (tertiary/aromatic N) is 5. The number of aromatic nitrogens is 1. The van der Waals surface area contributed by atoms with Gasteiger partial charge >= 0.3 is 19.3 Å². The van der Waals surface area contributed by atoms with E-state index in [4.69, 9.17) is 16.1 Å². The molecule has 1 aromatic heterocycles. The lowest BCUT2D eigenvalue weighted by Gasteiger charge is -2.37. The first-order valence-corrected chi connectivity index (χ1v) is 32.0. The van der Waals surface area contributed by atoms with E-state index in [1.807, 2.05) is 105 Å². The van der Waals surface area contributed by atoms with Crippen molar-refractivity contribution >= 4 is 83.0 Å². The number of alkyl halides is 3. The molecule has 430 valence electrons. The number of piperidine rings is 1. The number of carbonyl (C=O) groups is 1. The molecule has 0 saturated carbocycles. The van der Waals surface area contributed by atoms with Crippen LogP contribution in [0, 0.1) is 6.92 Å². The summed E-state index contributed by atoms with van der Waals surface area (Å²) in [5.41, 5.74) is 0.154. The molecular weight excluding hydrogens is 1140 g/mol. The molecule has 2 fully saturated rings. The van der Waals surface area contributed by atoms with E-state index >= 15 is 0 Å². The number of aliphatic hydroxyl groups is 1. The van der Waals surface area contributed by atoms with Crippen molar-refractivity contribution < 1.29 is 60.0 Å². The number of anilines is 4. The summed E-state index contributed by atoms with van der Waals surface area (Å²) < 4.78 is 105. The highest BCUT2D eigenvalue weighted by Crippen LogP contribution is 2.44.